The first kappa shape index (κ1) is 8.91. The molecule has 0 spiro atoms. The highest BCUT2D eigenvalue weighted by Gasteiger charge is 2.11. The molecule has 1 aliphatic carbocycles. The van der Waals surface area contributed by atoms with Crippen molar-refractivity contribution < 1.29 is 0 Å². The number of aromatic nitrogens is 3. The summed E-state index contributed by atoms with van der Waals surface area (Å²) < 4.78 is 0. The molecule has 4 heteroatoms. The van der Waals surface area contributed by atoms with Gasteiger partial charge in [0, 0.05) is 36.2 Å². The molecule has 0 amide bonds. The molecule has 1 aromatic heterocycles. The summed E-state index contributed by atoms with van der Waals surface area (Å²) in [5, 5.41) is 0.870. The topological polar surface area (TPSA) is 55.7 Å². The average Bonchev–Trinajstić information content (AvgIpc) is 2.55. The molecule has 0 atom stereocenters. The van der Waals surface area contributed by atoms with Crippen molar-refractivity contribution in [3.8, 4) is 11.3 Å². The van der Waals surface area contributed by atoms with Gasteiger partial charge in [-0.2, -0.15) is 0 Å². The van der Waals surface area contributed by atoms with Gasteiger partial charge in [0.05, 0.1) is 16.8 Å². The summed E-state index contributed by atoms with van der Waals surface area (Å²) in [5.41, 5.74) is 1.73. The van der Waals surface area contributed by atoms with Crippen molar-refractivity contribution in [3.05, 3.63) is 53.2 Å². The van der Waals surface area contributed by atoms with E-state index in [1.54, 1.807) is 18.6 Å². The normalized spacial score (nSPS) is 10.8. The smallest absolute Gasteiger partial charge is 0.191 e. The Kier molecular flexibility index (Phi) is 1.86. The lowest BCUT2D eigenvalue weighted by Crippen LogP contribution is -2.05. The van der Waals surface area contributed by atoms with E-state index in [2.05, 4.69) is 15.0 Å². The first-order valence-electron chi connectivity index (χ1n) is 4.84. The molecule has 4 nitrogen and oxygen atoms in total. The van der Waals surface area contributed by atoms with Crippen molar-refractivity contribution in [1.82, 2.24) is 15.0 Å². The van der Waals surface area contributed by atoms with Gasteiger partial charge in [-0.3, -0.25) is 19.7 Å². The molecule has 0 saturated heterocycles. The largest absolute Gasteiger partial charge is 0.289 e. The van der Waals surface area contributed by atoms with Crippen LogP contribution in [0.2, 0.25) is 0 Å². The molecule has 76 valence electrons. The molecule has 1 aromatic rings. The Morgan fingerprint density at radius 3 is 2.94 bits per heavy atom. The van der Waals surface area contributed by atoms with Crippen molar-refractivity contribution in [2.24, 2.45) is 0 Å². The molecule has 0 saturated carbocycles. The zero-order valence-corrected chi connectivity index (χ0v) is 8.29. The summed E-state index contributed by atoms with van der Waals surface area (Å²) in [6.45, 7) is 0. The number of fused-ring (bicyclic) bond motifs is 3. The van der Waals surface area contributed by atoms with Crippen LogP contribution in [-0.4, -0.2) is 15.0 Å². The molecular weight excluding hydrogens is 202 g/mol. The molecule has 0 bridgehead atoms. The minimum atomic E-state index is -0.0996. The van der Waals surface area contributed by atoms with Gasteiger partial charge in [-0.25, -0.2) is 0 Å². The maximum Gasteiger partial charge on any atom is 0.191 e. The fourth-order valence-electron chi connectivity index (χ4n) is 1.72. The number of hydrogen-bond donors (Lipinski definition) is 0. The molecule has 1 aliphatic heterocycles. The lowest BCUT2D eigenvalue weighted by molar-refractivity contribution is 1.33. The second-order valence-corrected chi connectivity index (χ2v) is 3.41. The first-order chi connectivity index (χ1) is 7.86. The molecule has 0 fully saturated rings. The molecule has 2 heterocycles. The summed E-state index contributed by atoms with van der Waals surface area (Å²) in [4.78, 5) is 24.2. The molecule has 0 unspecified atom stereocenters. The van der Waals surface area contributed by atoms with Crippen LogP contribution in [0.25, 0.3) is 22.2 Å². The van der Waals surface area contributed by atoms with Crippen molar-refractivity contribution >= 4 is 10.9 Å². The summed E-state index contributed by atoms with van der Waals surface area (Å²) >= 11 is 0. The maximum absolute atomic E-state index is 11.8. The van der Waals surface area contributed by atoms with E-state index >= 15 is 0 Å². The van der Waals surface area contributed by atoms with Crippen LogP contribution >= 0.6 is 0 Å². The number of pyridine rings is 1. The van der Waals surface area contributed by atoms with Crippen molar-refractivity contribution in [3.63, 3.8) is 0 Å². The number of hydrogen-bond acceptors (Lipinski definition) is 4. The van der Waals surface area contributed by atoms with E-state index in [0.29, 0.717) is 16.8 Å². The van der Waals surface area contributed by atoms with Crippen molar-refractivity contribution in [2.45, 2.75) is 0 Å². The maximum atomic E-state index is 11.8. The Hall–Kier alpha value is -2.36. The highest BCUT2D eigenvalue weighted by atomic mass is 16.1. The van der Waals surface area contributed by atoms with Gasteiger partial charge in [0.2, 0.25) is 0 Å². The van der Waals surface area contributed by atoms with E-state index in [1.165, 1.54) is 12.3 Å². The molecule has 2 aliphatic rings. The fourth-order valence-corrected chi connectivity index (χ4v) is 1.72. The SMILES string of the molecule is O=c1cc2ncccc2c2nccncc1-2. The Balaban J connectivity index is 2.62. The highest BCUT2D eigenvalue weighted by Crippen LogP contribution is 2.22. The zero-order chi connectivity index (χ0) is 11.0. The summed E-state index contributed by atoms with van der Waals surface area (Å²) in [7, 11) is 0. The van der Waals surface area contributed by atoms with Crippen LogP contribution in [0.1, 0.15) is 0 Å². The Morgan fingerprint density at radius 2 is 2.00 bits per heavy atom. The summed E-state index contributed by atoms with van der Waals surface area (Å²) in [6.07, 6.45) is 6.34. The second kappa shape index (κ2) is 3.34. The fraction of sp³-hybridized carbons (Fsp3) is 0. The van der Waals surface area contributed by atoms with Crippen LogP contribution in [0.5, 0.6) is 0 Å². The second-order valence-electron chi connectivity index (χ2n) is 3.41. The van der Waals surface area contributed by atoms with Gasteiger partial charge in [-0.05, 0) is 12.1 Å². The highest BCUT2D eigenvalue weighted by molar-refractivity contribution is 5.93. The molecule has 3 rings (SSSR count). The van der Waals surface area contributed by atoms with E-state index in [-0.39, 0.29) is 5.43 Å². The van der Waals surface area contributed by atoms with Crippen LogP contribution in [0.15, 0.2) is 47.8 Å². The minimum Gasteiger partial charge on any atom is -0.289 e. The van der Waals surface area contributed by atoms with E-state index in [4.69, 9.17) is 0 Å². The summed E-state index contributed by atoms with van der Waals surface area (Å²) in [6, 6.07) is 5.24. The molecule has 0 aromatic carbocycles. The summed E-state index contributed by atoms with van der Waals surface area (Å²) in [5.74, 6) is 0. The van der Waals surface area contributed by atoms with Gasteiger partial charge in [-0.1, -0.05) is 0 Å². The van der Waals surface area contributed by atoms with Gasteiger partial charge in [0.25, 0.3) is 0 Å². The van der Waals surface area contributed by atoms with Gasteiger partial charge >= 0.3 is 0 Å². The van der Waals surface area contributed by atoms with Gasteiger partial charge in [0.1, 0.15) is 0 Å². The number of nitrogens with zero attached hydrogens (tertiary/aromatic N) is 3. The first-order valence-corrected chi connectivity index (χ1v) is 4.84. The standard InChI is InChI=1S/C12H7N3O/c16-11-6-10-8(2-1-3-14-10)12-9(11)7-13-4-5-15-12/h1-7H. The van der Waals surface area contributed by atoms with Crippen LogP contribution in [-0.2, 0) is 0 Å². The molecular formula is C12H7N3O. The third-order valence-electron chi connectivity index (χ3n) is 2.44. The van der Waals surface area contributed by atoms with Crippen LogP contribution in [0.4, 0.5) is 0 Å². The molecule has 0 N–H and O–H groups in total. The van der Waals surface area contributed by atoms with Crippen LogP contribution in [0, 0.1) is 0 Å². The Labute approximate surface area is 91.0 Å². The van der Waals surface area contributed by atoms with E-state index in [1.807, 2.05) is 12.1 Å². The zero-order valence-electron chi connectivity index (χ0n) is 8.29. The molecule has 16 heavy (non-hydrogen) atoms. The van der Waals surface area contributed by atoms with Crippen molar-refractivity contribution in [1.29, 1.82) is 0 Å². The quantitative estimate of drug-likeness (QED) is 0.562. The Morgan fingerprint density at radius 1 is 1.06 bits per heavy atom. The van der Waals surface area contributed by atoms with E-state index < -0.39 is 0 Å². The molecule has 0 radical (unpaired) electrons. The van der Waals surface area contributed by atoms with E-state index in [9.17, 15) is 4.79 Å². The third-order valence-corrected chi connectivity index (χ3v) is 2.44. The van der Waals surface area contributed by atoms with E-state index in [0.717, 1.165) is 5.39 Å². The Bertz CT molecular complexity index is 696. The lowest BCUT2D eigenvalue weighted by atomic mass is 10.1. The number of rotatable bonds is 0. The van der Waals surface area contributed by atoms with Gasteiger partial charge in [-0.15, -0.1) is 0 Å². The predicted molar refractivity (Wildman–Crippen MR) is 60.2 cm³/mol. The average molecular weight is 209 g/mol. The predicted octanol–water partition coefficient (Wildman–Crippen LogP) is 1.49. The van der Waals surface area contributed by atoms with Gasteiger partial charge < -0.3 is 0 Å². The number of benzene rings is 1. The minimum absolute atomic E-state index is 0.0996. The van der Waals surface area contributed by atoms with Crippen molar-refractivity contribution in [2.75, 3.05) is 0 Å². The van der Waals surface area contributed by atoms with Crippen LogP contribution in [0.3, 0.4) is 0 Å². The van der Waals surface area contributed by atoms with Gasteiger partial charge in [0.15, 0.2) is 5.43 Å². The third kappa shape index (κ3) is 1.24. The lowest BCUT2D eigenvalue weighted by Gasteiger charge is -2.02. The monoisotopic (exact) mass is 209 g/mol. The van der Waals surface area contributed by atoms with Crippen LogP contribution < -0.4 is 5.43 Å².